The van der Waals surface area contributed by atoms with Crippen LogP contribution in [-0.4, -0.2) is 35.0 Å². The molecule has 0 radical (unpaired) electrons. The van der Waals surface area contributed by atoms with Crippen LogP contribution in [0.4, 0.5) is 0 Å². The Morgan fingerprint density at radius 2 is 1.65 bits per heavy atom. The average molecular weight is 281 g/mol. The second kappa shape index (κ2) is 6.15. The molecular formula is C16H27NO3. The summed E-state index contributed by atoms with van der Waals surface area (Å²) in [5.41, 5.74) is 0. The van der Waals surface area contributed by atoms with Crippen molar-refractivity contribution in [2.24, 2.45) is 23.7 Å². The monoisotopic (exact) mass is 281 g/mol. The number of hydrogen-bond donors (Lipinski definition) is 1. The van der Waals surface area contributed by atoms with E-state index in [1.165, 1.54) is 19.3 Å². The molecule has 1 amide bonds. The molecule has 0 aliphatic heterocycles. The Balaban J connectivity index is 2.07. The Morgan fingerprint density at radius 1 is 1.05 bits per heavy atom. The summed E-state index contributed by atoms with van der Waals surface area (Å²) in [7, 11) is 1.87. The summed E-state index contributed by atoms with van der Waals surface area (Å²) < 4.78 is 0. The molecule has 5 unspecified atom stereocenters. The van der Waals surface area contributed by atoms with Crippen molar-refractivity contribution in [2.75, 3.05) is 7.05 Å². The lowest BCUT2D eigenvalue weighted by Crippen LogP contribution is -2.46. The maximum Gasteiger partial charge on any atom is 0.307 e. The molecular weight excluding hydrogens is 254 g/mol. The number of amides is 1. The highest BCUT2D eigenvalue weighted by molar-refractivity contribution is 5.85. The summed E-state index contributed by atoms with van der Waals surface area (Å²) in [5, 5.41) is 9.32. The molecule has 2 aliphatic carbocycles. The predicted molar refractivity (Wildman–Crippen MR) is 77.2 cm³/mol. The van der Waals surface area contributed by atoms with E-state index in [-0.39, 0.29) is 11.8 Å². The molecule has 114 valence electrons. The highest BCUT2D eigenvalue weighted by Crippen LogP contribution is 2.38. The third-order valence-electron chi connectivity index (χ3n) is 5.34. The Kier molecular flexibility index (Phi) is 4.71. The normalized spacial score (nSPS) is 37.6. The Hall–Kier alpha value is -1.06. The van der Waals surface area contributed by atoms with Crippen LogP contribution in [0.5, 0.6) is 0 Å². The smallest absolute Gasteiger partial charge is 0.307 e. The van der Waals surface area contributed by atoms with Crippen LogP contribution >= 0.6 is 0 Å². The number of aliphatic carboxylic acids is 1. The molecule has 4 nitrogen and oxygen atoms in total. The molecule has 2 saturated carbocycles. The van der Waals surface area contributed by atoms with Crippen LogP contribution in [-0.2, 0) is 9.59 Å². The van der Waals surface area contributed by atoms with Gasteiger partial charge in [0, 0.05) is 13.1 Å². The van der Waals surface area contributed by atoms with Crippen LogP contribution in [0.15, 0.2) is 0 Å². The van der Waals surface area contributed by atoms with Crippen molar-refractivity contribution in [1.29, 1.82) is 0 Å². The zero-order chi connectivity index (χ0) is 14.9. The summed E-state index contributed by atoms with van der Waals surface area (Å²) in [4.78, 5) is 25.9. The highest BCUT2D eigenvalue weighted by atomic mass is 16.4. The van der Waals surface area contributed by atoms with E-state index < -0.39 is 11.9 Å². The Morgan fingerprint density at radius 3 is 2.25 bits per heavy atom. The van der Waals surface area contributed by atoms with Crippen LogP contribution in [0, 0.1) is 23.7 Å². The molecule has 0 spiro atoms. The first-order valence-corrected chi connectivity index (χ1v) is 7.91. The molecule has 0 aromatic heterocycles. The summed E-state index contributed by atoms with van der Waals surface area (Å²) >= 11 is 0. The van der Waals surface area contributed by atoms with Crippen molar-refractivity contribution in [3.63, 3.8) is 0 Å². The highest BCUT2D eigenvalue weighted by Gasteiger charge is 2.43. The van der Waals surface area contributed by atoms with Crippen molar-refractivity contribution in [3.05, 3.63) is 0 Å². The van der Waals surface area contributed by atoms with Gasteiger partial charge in [-0.25, -0.2) is 0 Å². The molecule has 2 aliphatic rings. The summed E-state index contributed by atoms with van der Waals surface area (Å²) in [6.07, 6.45) is 6.02. The number of carbonyl (C=O) groups excluding carboxylic acids is 1. The quantitative estimate of drug-likeness (QED) is 0.865. The predicted octanol–water partition coefficient (Wildman–Crippen LogP) is 2.77. The molecule has 0 bridgehead atoms. The van der Waals surface area contributed by atoms with E-state index in [0.29, 0.717) is 24.3 Å². The molecule has 2 rings (SSSR count). The maximum absolute atomic E-state index is 12.7. The van der Waals surface area contributed by atoms with Gasteiger partial charge < -0.3 is 10.0 Å². The van der Waals surface area contributed by atoms with E-state index in [0.717, 1.165) is 12.8 Å². The minimum Gasteiger partial charge on any atom is -0.481 e. The first-order chi connectivity index (χ1) is 9.41. The molecule has 4 heteroatoms. The van der Waals surface area contributed by atoms with Gasteiger partial charge >= 0.3 is 5.97 Å². The molecule has 20 heavy (non-hydrogen) atoms. The number of hydrogen-bond acceptors (Lipinski definition) is 2. The number of carbonyl (C=O) groups is 2. The van der Waals surface area contributed by atoms with Crippen LogP contribution in [0.25, 0.3) is 0 Å². The number of carboxylic acid groups (broad SMARTS) is 1. The van der Waals surface area contributed by atoms with Crippen molar-refractivity contribution in [3.8, 4) is 0 Å². The third-order valence-corrected chi connectivity index (χ3v) is 5.34. The number of nitrogens with zero attached hydrogens (tertiary/aromatic N) is 1. The molecule has 1 N–H and O–H groups in total. The second-order valence-corrected chi connectivity index (χ2v) is 6.91. The second-order valence-electron chi connectivity index (χ2n) is 6.91. The van der Waals surface area contributed by atoms with Gasteiger partial charge in [0.2, 0.25) is 5.91 Å². The lowest BCUT2D eigenvalue weighted by molar-refractivity contribution is -0.150. The summed E-state index contributed by atoms with van der Waals surface area (Å²) in [6.45, 7) is 4.26. The van der Waals surface area contributed by atoms with Gasteiger partial charge in [-0.05, 0) is 37.5 Å². The number of rotatable bonds is 3. The van der Waals surface area contributed by atoms with Crippen LogP contribution in [0.3, 0.4) is 0 Å². The molecule has 0 aromatic carbocycles. The van der Waals surface area contributed by atoms with Crippen LogP contribution in [0.2, 0.25) is 0 Å². The molecule has 0 heterocycles. The van der Waals surface area contributed by atoms with Crippen molar-refractivity contribution in [1.82, 2.24) is 4.90 Å². The summed E-state index contributed by atoms with van der Waals surface area (Å²) in [6, 6.07) is 0.293. The third kappa shape index (κ3) is 2.99. The van der Waals surface area contributed by atoms with E-state index in [1.54, 1.807) is 0 Å². The average Bonchev–Trinajstić information content (AvgIpc) is 2.80. The molecule has 0 aromatic rings. The van der Waals surface area contributed by atoms with E-state index >= 15 is 0 Å². The van der Waals surface area contributed by atoms with Crippen molar-refractivity contribution >= 4 is 11.9 Å². The fourth-order valence-corrected chi connectivity index (χ4v) is 4.13. The van der Waals surface area contributed by atoms with Gasteiger partial charge in [-0.1, -0.05) is 26.7 Å². The van der Waals surface area contributed by atoms with E-state index in [9.17, 15) is 14.7 Å². The van der Waals surface area contributed by atoms with Gasteiger partial charge in [-0.2, -0.15) is 0 Å². The van der Waals surface area contributed by atoms with E-state index in [1.807, 2.05) is 18.9 Å². The van der Waals surface area contributed by atoms with E-state index in [4.69, 9.17) is 0 Å². The lowest BCUT2D eigenvalue weighted by atomic mass is 9.84. The zero-order valence-corrected chi connectivity index (χ0v) is 12.8. The van der Waals surface area contributed by atoms with Crippen molar-refractivity contribution < 1.29 is 14.7 Å². The van der Waals surface area contributed by atoms with Gasteiger partial charge in [-0.15, -0.1) is 0 Å². The summed E-state index contributed by atoms with van der Waals surface area (Å²) in [5.74, 6) is -0.694. The first kappa shape index (κ1) is 15.3. The molecule has 2 fully saturated rings. The molecule has 0 saturated heterocycles. The topological polar surface area (TPSA) is 57.6 Å². The maximum atomic E-state index is 12.7. The largest absolute Gasteiger partial charge is 0.481 e. The van der Waals surface area contributed by atoms with Crippen molar-refractivity contribution in [2.45, 2.75) is 58.4 Å². The minimum absolute atomic E-state index is 0.0560. The Labute approximate surface area is 121 Å². The fourth-order valence-electron chi connectivity index (χ4n) is 4.13. The van der Waals surface area contributed by atoms with E-state index in [2.05, 4.69) is 6.92 Å². The van der Waals surface area contributed by atoms with Gasteiger partial charge in [0.15, 0.2) is 0 Å². The number of carboxylic acids is 1. The lowest BCUT2D eigenvalue weighted by Gasteiger charge is -2.38. The fraction of sp³-hybridized carbons (Fsp3) is 0.875. The minimum atomic E-state index is -0.808. The first-order valence-electron chi connectivity index (χ1n) is 7.91. The van der Waals surface area contributed by atoms with Gasteiger partial charge in [-0.3, -0.25) is 9.59 Å². The van der Waals surface area contributed by atoms with Crippen LogP contribution < -0.4 is 0 Å². The van der Waals surface area contributed by atoms with Gasteiger partial charge in [0.25, 0.3) is 0 Å². The SMILES string of the molecule is CC1CC(C(=O)O)C(C(=O)N(C)C2CCCCC2C)C1. The molecule has 5 atom stereocenters. The van der Waals surface area contributed by atoms with Gasteiger partial charge in [0.05, 0.1) is 11.8 Å². The van der Waals surface area contributed by atoms with Gasteiger partial charge in [0.1, 0.15) is 0 Å². The van der Waals surface area contributed by atoms with Crippen LogP contribution in [0.1, 0.15) is 52.4 Å². The standard InChI is InChI=1S/C16H27NO3/c1-10-8-12(13(9-10)16(19)20)15(18)17(3)14-7-5-4-6-11(14)2/h10-14H,4-9H2,1-3H3,(H,19,20). The zero-order valence-electron chi connectivity index (χ0n) is 12.8. The Bertz CT molecular complexity index is 382.